The quantitative estimate of drug-likeness (QED) is 0.590. The molecule has 2 saturated heterocycles. The standard InChI is InChI=1S/C28H38N2O5/c1-27(2,3)35-26(31)30-17-24-25(34-28(4,5)33-24)23(30)16-29-22(21-14-10-7-11-15-21)19-32-18-20-12-8-6-9-13-20/h6-15,22-25,29H,16-19H2,1-5H3/t22-,23+,24-,25+/m0/s1. The lowest BCUT2D eigenvalue weighted by Crippen LogP contribution is -2.49. The van der Waals surface area contributed by atoms with Crippen molar-refractivity contribution in [1.29, 1.82) is 0 Å². The molecule has 2 aliphatic heterocycles. The maximum absolute atomic E-state index is 13.0. The topological polar surface area (TPSA) is 69.3 Å². The number of amides is 1. The Bertz CT molecular complexity index is 960. The average Bonchev–Trinajstić information content (AvgIpc) is 3.28. The lowest BCUT2D eigenvalue weighted by atomic mass is 10.1. The van der Waals surface area contributed by atoms with Crippen LogP contribution in [-0.4, -0.2) is 60.3 Å². The molecule has 2 heterocycles. The number of benzene rings is 2. The molecular weight excluding hydrogens is 444 g/mol. The Kier molecular flexibility index (Phi) is 7.81. The summed E-state index contributed by atoms with van der Waals surface area (Å²) in [6.45, 7) is 11.5. The van der Waals surface area contributed by atoms with Gasteiger partial charge in [-0.3, -0.25) is 4.90 Å². The molecule has 0 aliphatic carbocycles. The monoisotopic (exact) mass is 482 g/mol. The van der Waals surface area contributed by atoms with Gasteiger partial charge in [0.05, 0.1) is 31.8 Å². The average molecular weight is 483 g/mol. The van der Waals surface area contributed by atoms with Crippen LogP contribution in [0, 0.1) is 0 Å². The molecule has 0 spiro atoms. The predicted molar refractivity (Wildman–Crippen MR) is 134 cm³/mol. The third kappa shape index (κ3) is 6.82. The van der Waals surface area contributed by atoms with E-state index in [2.05, 4.69) is 29.6 Å². The maximum Gasteiger partial charge on any atom is 0.410 e. The number of hydrogen-bond acceptors (Lipinski definition) is 6. The highest BCUT2D eigenvalue weighted by Gasteiger charge is 2.54. The van der Waals surface area contributed by atoms with Crippen molar-refractivity contribution >= 4 is 6.09 Å². The van der Waals surface area contributed by atoms with Crippen LogP contribution >= 0.6 is 0 Å². The van der Waals surface area contributed by atoms with Crippen molar-refractivity contribution in [2.75, 3.05) is 19.7 Å². The number of carbonyl (C=O) groups is 1. The molecule has 4 atom stereocenters. The van der Waals surface area contributed by atoms with Crippen LogP contribution in [0.15, 0.2) is 60.7 Å². The van der Waals surface area contributed by atoms with Crippen LogP contribution in [0.2, 0.25) is 0 Å². The van der Waals surface area contributed by atoms with Gasteiger partial charge in [0, 0.05) is 6.54 Å². The van der Waals surface area contributed by atoms with E-state index in [1.165, 1.54) is 0 Å². The third-order valence-electron chi connectivity index (χ3n) is 6.18. The molecule has 190 valence electrons. The van der Waals surface area contributed by atoms with Crippen molar-refractivity contribution in [2.45, 2.75) is 76.9 Å². The molecule has 2 fully saturated rings. The molecule has 1 amide bonds. The summed E-state index contributed by atoms with van der Waals surface area (Å²) in [6.07, 6.45) is -0.763. The van der Waals surface area contributed by atoms with E-state index in [-0.39, 0.29) is 30.4 Å². The zero-order chi connectivity index (χ0) is 25.1. The Hall–Kier alpha value is -2.45. The summed E-state index contributed by atoms with van der Waals surface area (Å²) in [4.78, 5) is 14.8. The highest BCUT2D eigenvalue weighted by atomic mass is 16.8. The molecule has 2 aromatic carbocycles. The van der Waals surface area contributed by atoms with Crippen molar-refractivity contribution in [1.82, 2.24) is 10.2 Å². The summed E-state index contributed by atoms with van der Waals surface area (Å²) in [7, 11) is 0. The van der Waals surface area contributed by atoms with E-state index in [9.17, 15) is 4.79 Å². The van der Waals surface area contributed by atoms with Gasteiger partial charge < -0.3 is 24.3 Å². The Morgan fingerprint density at radius 2 is 1.74 bits per heavy atom. The van der Waals surface area contributed by atoms with Gasteiger partial charge in [-0.15, -0.1) is 0 Å². The summed E-state index contributed by atoms with van der Waals surface area (Å²) in [5.74, 6) is -0.675. The molecule has 2 aromatic rings. The van der Waals surface area contributed by atoms with Gasteiger partial charge in [0.2, 0.25) is 0 Å². The van der Waals surface area contributed by atoms with Crippen molar-refractivity contribution < 1.29 is 23.7 Å². The van der Waals surface area contributed by atoms with Crippen LogP contribution < -0.4 is 5.32 Å². The minimum absolute atomic E-state index is 0.0465. The van der Waals surface area contributed by atoms with E-state index in [0.29, 0.717) is 26.3 Å². The third-order valence-corrected chi connectivity index (χ3v) is 6.18. The zero-order valence-electron chi connectivity index (χ0n) is 21.4. The van der Waals surface area contributed by atoms with Crippen LogP contribution in [0.3, 0.4) is 0 Å². The van der Waals surface area contributed by atoms with E-state index in [4.69, 9.17) is 18.9 Å². The number of nitrogens with one attached hydrogen (secondary N) is 1. The van der Waals surface area contributed by atoms with Gasteiger partial charge in [-0.25, -0.2) is 4.79 Å². The first-order chi connectivity index (χ1) is 16.6. The molecular formula is C28H38N2O5. The van der Waals surface area contributed by atoms with Gasteiger partial charge in [0.1, 0.15) is 17.8 Å². The Balaban J connectivity index is 1.46. The Morgan fingerprint density at radius 3 is 2.40 bits per heavy atom. The lowest BCUT2D eigenvalue weighted by Gasteiger charge is -2.33. The first-order valence-electron chi connectivity index (χ1n) is 12.4. The van der Waals surface area contributed by atoms with E-state index >= 15 is 0 Å². The molecule has 4 rings (SSSR count). The first-order valence-corrected chi connectivity index (χ1v) is 12.4. The van der Waals surface area contributed by atoms with Gasteiger partial charge in [-0.2, -0.15) is 0 Å². The Morgan fingerprint density at radius 1 is 1.09 bits per heavy atom. The van der Waals surface area contributed by atoms with Crippen molar-refractivity contribution in [3.05, 3.63) is 71.8 Å². The molecule has 35 heavy (non-hydrogen) atoms. The number of rotatable bonds is 8. The molecule has 7 nitrogen and oxygen atoms in total. The number of fused-ring (bicyclic) bond motifs is 1. The van der Waals surface area contributed by atoms with Gasteiger partial charge in [-0.1, -0.05) is 60.7 Å². The summed E-state index contributed by atoms with van der Waals surface area (Å²) < 4.78 is 24.1. The molecule has 0 radical (unpaired) electrons. The molecule has 1 N–H and O–H groups in total. The summed E-state index contributed by atoms with van der Waals surface area (Å²) >= 11 is 0. The molecule has 0 unspecified atom stereocenters. The van der Waals surface area contributed by atoms with Gasteiger partial charge in [-0.05, 0) is 45.7 Å². The largest absolute Gasteiger partial charge is 0.444 e. The summed E-state index contributed by atoms with van der Waals surface area (Å²) in [5, 5.41) is 3.64. The fraction of sp³-hybridized carbons (Fsp3) is 0.536. The van der Waals surface area contributed by atoms with Crippen molar-refractivity contribution in [2.24, 2.45) is 0 Å². The second kappa shape index (κ2) is 10.7. The van der Waals surface area contributed by atoms with Crippen molar-refractivity contribution in [3.63, 3.8) is 0 Å². The molecule has 7 heteroatoms. The van der Waals surface area contributed by atoms with Gasteiger partial charge >= 0.3 is 6.09 Å². The molecule has 0 bridgehead atoms. The smallest absolute Gasteiger partial charge is 0.410 e. The molecule has 0 saturated carbocycles. The highest BCUT2D eigenvalue weighted by molar-refractivity contribution is 5.69. The SMILES string of the molecule is CC(C)(C)OC(=O)N1C[C@@H]2OC(C)(C)O[C@@H]2[C@H]1CN[C@@H](COCc1ccccc1)c1ccccc1. The number of likely N-dealkylation sites (tertiary alicyclic amines) is 1. The second-order valence-electron chi connectivity index (χ2n) is 10.7. The minimum atomic E-state index is -0.675. The van der Waals surface area contributed by atoms with Crippen LogP contribution in [0.5, 0.6) is 0 Å². The zero-order valence-corrected chi connectivity index (χ0v) is 21.4. The first kappa shape index (κ1) is 25.6. The normalized spacial score (nSPS) is 24.3. The van der Waals surface area contributed by atoms with E-state index in [1.54, 1.807) is 4.90 Å². The number of carbonyl (C=O) groups excluding carboxylic acids is 1. The second-order valence-corrected chi connectivity index (χ2v) is 10.7. The summed E-state index contributed by atoms with van der Waals surface area (Å²) in [6, 6.07) is 20.1. The van der Waals surface area contributed by atoms with Crippen LogP contribution in [-0.2, 0) is 25.6 Å². The van der Waals surface area contributed by atoms with Crippen molar-refractivity contribution in [3.8, 4) is 0 Å². The lowest BCUT2D eigenvalue weighted by molar-refractivity contribution is -0.160. The van der Waals surface area contributed by atoms with Crippen LogP contribution in [0.4, 0.5) is 4.79 Å². The number of ether oxygens (including phenoxy) is 4. The molecule has 2 aliphatic rings. The summed E-state index contributed by atoms with van der Waals surface area (Å²) in [5.41, 5.74) is 1.68. The van der Waals surface area contributed by atoms with E-state index in [1.807, 2.05) is 71.0 Å². The van der Waals surface area contributed by atoms with E-state index in [0.717, 1.165) is 11.1 Å². The molecule has 0 aromatic heterocycles. The highest BCUT2D eigenvalue weighted by Crippen LogP contribution is 2.37. The van der Waals surface area contributed by atoms with Crippen LogP contribution in [0.25, 0.3) is 0 Å². The Labute approximate surface area is 208 Å². The van der Waals surface area contributed by atoms with Gasteiger partial charge in [0.15, 0.2) is 5.79 Å². The number of hydrogen-bond donors (Lipinski definition) is 1. The predicted octanol–water partition coefficient (Wildman–Crippen LogP) is 4.67. The minimum Gasteiger partial charge on any atom is -0.444 e. The van der Waals surface area contributed by atoms with Crippen LogP contribution in [0.1, 0.15) is 51.8 Å². The van der Waals surface area contributed by atoms with E-state index < -0.39 is 11.4 Å². The van der Waals surface area contributed by atoms with Gasteiger partial charge in [0.25, 0.3) is 0 Å². The fourth-order valence-corrected chi connectivity index (χ4v) is 4.68. The number of nitrogens with zero attached hydrogens (tertiary/aromatic N) is 1. The fourth-order valence-electron chi connectivity index (χ4n) is 4.68. The maximum atomic E-state index is 13.0.